The van der Waals surface area contributed by atoms with Gasteiger partial charge in [-0.2, -0.15) is 5.01 Å². The summed E-state index contributed by atoms with van der Waals surface area (Å²) in [6.45, 7) is 0. The summed E-state index contributed by atoms with van der Waals surface area (Å²) in [6, 6.07) is 1.16. The van der Waals surface area contributed by atoms with Gasteiger partial charge in [0.25, 0.3) is 11.8 Å². The molecule has 4 amide bonds. The SMILES string of the molecule is NNC(=O)NN1C(=O)c2cc(S(=O)(=O)[O-])cc3c(N)c([S-](=O)=O)cc(c23)C1=O.[Li+].[Li+].[OH-]. The quantitative estimate of drug-likeness (QED) is 0.0491. The molecule has 0 unspecified atom stereocenters. The van der Waals surface area contributed by atoms with Gasteiger partial charge in [-0.25, -0.2) is 24.5 Å². The first-order valence-corrected chi connectivity index (χ1v) is 9.57. The first-order valence-electron chi connectivity index (χ1n) is 7.08. The fourth-order valence-electron chi connectivity index (χ4n) is 2.72. The summed E-state index contributed by atoms with van der Waals surface area (Å²) in [7, 11) is -8.03. The third-order valence-corrected chi connectivity index (χ3v) is 5.40. The fraction of sp³-hybridized carbons (Fsp3) is 0. The molecule has 2 aromatic rings. The molecular weight excluding hydrogens is 448 g/mol. The van der Waals surface area contributed by atoms with E-state index >= 15 is 0 Å². The topological polar surface area (TPSA) is 252 Å². The van der Waals surface area contributed by atoms with Crippen LogP contribution in [-0.4, -0.2) is 41.3 Å². The molecule has 1 heterocycles. The first-order chi connectivity index (χ1) is 13.0. The molecular formula is C13H10Li2N5O9S2-. The van der Waals surface area contributed by atoms with E-state index in [4.69, 9.17) is 11.6 Å². The second-order valence-electron chi connectivity index (χ2n) is 5.45. The van der Waals surface area contributed by atoms with Crippen molar-refractivity contribution in [1.29, 1.82) is 0 Å². The largest absolute Gasteiger partial charge is 1.00 e. The molecule has 3 rings (SSSR count). The van der Waals surface area contributed by atoms with Gasteiger partial charge in [-0.3, -0.25) is 15.0 Å². The Hall–Kier alpha value is -2.12. The summed E-state index contributed by atoms with van der Waals surface area (Å²) in [5.74, 6) is 2.57. The number of hydrazine groups is 2. The minimum absolute atomic E-state index is 0. The molecule has 0 spiro atoms. The number of urea groups is 1. The zero-order valence-electron chi connectivity index (χ0n) is 15.9. The van der Waals surface area contributed by atoms with E-state index in [1.54, 1.807) is 5.43 Å². The molecule has 18 heteroatoms. The zero-order valence-corrected chi connectivity index (χ0v) is 17.5. The molecule has 0 aliphatic carbocycles. The zero-order chi connectivity index (χ0) is 21.0. The average Bonchev–Trinajstić information content (AvgIpc) is 2.62. The monoisotopic (exact) mass is 458 g/mol. The number of carbonyl (C=O) groups excluding carboxylic acids is 3. The molecule has 31 heavy (non-hydrogen) atoms. The van der Waals surface area contributed by atoms with Crippen LogP contribution in [0.4, 0.5) is 10.5 Å². The van der Waals surface area contributed by atoms with Crippen molar-refractivity contribution in [2.75, 3.05) is 5.73 Å². The number of carbonyl (C=O) groups is 3. The summed E-state index contributed by atoms with van der Waals surface area (Å²) in [5, 5.41) is -0.276. The number of nitrogens with zero attached hydrogens (tertiary/aromatic N) is 1. The number of anilines is 1. The van der Waals surface area contributed by atoms with Gasteiger partial charge >= 0.3 is 43.8 Å². The molecule has 1 aliphatic heterocycles. The van der Waals surface area contributed by atoms with Gasteiger partial charge in [0.05, 0.1) is 10.5 Å². The molecule has 2 aromatic carbocycles. The number of benzene rings is 2. The minimum Gasteiger partial charge on any atom is -0.870 e. The maximum Gasteiger partial charge on any atom is 1.00 e. The van der Waals surface area contributed by atoms with E-state index in [0.717, 1.165) is 12.1 Å². The van der Waals surface area contributed by atoms with Crippen molar-refractivity contribution in [2.45, 2.75) is 9.79 Å². The van der Waals surface area contributed by atoms with Crippen LogP contribution in [0.3, 0.4) is 0 Å². The third-order valence-electron chi connectivity index (χ3n) is 3.89. The summed E-state index contributed by atoms with van der Waals surface area (Å²) in [5.41, 5.74) is 7.90. The second-order valence-corrected chi connectivity index (χ2v) is 7.74. The van der Waals surface area contributed by atoms with E-state index in [-0.39, 0.29) is 64.5 Å². The number of hydrogen-bond acceptors (Lipinski definition) is 12. The van der Waals surface area contributed by atoms with Crippen molar-refractivity contribution in [3.8, 4) is 0 Å². The number of rotatable bonds is 3. The molecule has 0 radical (unpaired) electrons. The van der Waals surface area contributed by atoms with Crippen molar-refractivity contribution in [3.05, 3.63) is 29.3 Å². The molecule has 1 aliphatic rings. The number of nitrogens with two attached hydrogens (primary N) is 2. The van der Waals surface area contributed by atoms with Crippen LogP contribution in [0.2, 0.25) is 0 Å². The fourth-order valence-corrected chi connectivity index (χ4v) is 3.75. The van der Waals surface area contributed by atoms with Crippen LogP contribution in [0.1, 0.15) is 20.7 Å². The molecule has 7 N–H and O–H groups in total. The van der Waals surface area contributed by atoms with E-state index in [0.29, 0.717) is 6.07 Å². The Balaban J connectivity index is 0.00000300. The normalized spacial score (nSPS) is 12.5. The number of amides is 4. The summed E-state index contributed by atoms with van der Waals surface area (Å²) in [6.07, 6.45) is 0. The maximum atomic E-state index is 12.6. The summed E-state index contributed by atoms with van der Waals surface area (Å²) >= 11 is 0. The van der Waals surface area contributed by atoms with Crippen molar-refractivity contribution >= 4 is 55.1 Å². The Labute approximate surface area is 200 Å². The van der Waals surface area contributed by atoms with Gasteiger partial charge in [0.15, 0.2) is 0 Å². The summed E-state index contributed by atoms with van der Waals surface area (Å²) in [4.78, 5) is 35.2. The predicted molar refractivity (Wildman–Crippen MR) is 91.6 cm³/mol. The molecule has 0 saturated carbocycles. The smallest absolute Gasteiger partial charge is 0.870 e. The van der Waals surface area contributed by atoms with Gasteiger partial charge in [0.1, 0.15) is 10.1 Å². The molecule has 0 saturated heterocycles. The van der Waals surface area contributed by atoms with Gasteiger partial charge in [-0.1, -0.05) is 11.0 Å². The summed E-state index contributed by atoms with van der Waals surface area (Å²) < 4.78 is 57.2. The molecule has 0 bridgehead atoms. The van der Waals surface area contributed by atoms with Gasteiger partial charge in [-0.05, 0) is 22.8 Å². The van der Waals surface area contributed by atoms with Crippen LogP contribution >= 0.6 is 0 Å². The Morgan fingerprint density at radius 3 is 2.03 bits per heavy atom. The molecule has 14 nitrogen and oxygen atoms in total. The number of imide groups is 1. The van der Waals surface area contributed by atoms with Crippen molar-refractivity contribution in [1.82, 2.24) is 15.9 Å². The standard InChI is InChI=1S/C13H10N5O8S2.2Li.H2O/c14-10-5-1-4(28(24,25)26)2-6-9(5)7(3-8(10)27(22)23)12(20)18(11(6)19)17-13(21)16-15;;;/h1-3H,14-15H2,(H2,16,17,21)(H,24,25,26);;;1H2/q-1;2*+1;/p-2. The van der Waals surface area contributed by atoms with Gasteiger partial charge in [0, 0.05) is 22.0 Å². The Kier molecular flexibility index (Phi) is 9.32. The Bertz CT molecular complexity index is 1270. The van der Waals surface area contributed by atoms with Crippen LogP contribution in [0, 0.1) is 0 Å². The Morgan fingerprint density at radius 2 is 1.58 bits per heavy atom. The van der Waals surface area contributed by atoms with Crippen molar-refractivity contribution in [2.24, 2.45) is 5.84 Å². The molecule has 156 valence electrons. The number of hydrogen-bond donors (Lipinski definition) is 4. The van der Waals surface area contributed by atoms with E-state index in [1.807, 2.05) is 5.43 Å². The van der Waals surface area contributed by atoms with Gasteiger partial charge < -0.3 is 24.2 Å². The maximum absolute atomic E-state index is 12.6. The van der Waals surface area contributed by atoms with Crippen molar-refractivity contribution < 1.29 is 79.0 Å². The predicted octanol–water partition coefficient (Wildman–Crippen LogP) is -7.49. The third kappa shape index (κ3) is 4.88. The van der Waals surface area contributed by atoms with Crippen LogP contribution in [0.5, 0.6) is 0 Å². The molecule has 0 aromatic heterocycles. The van der Waals surface area contributed by atoms with E-state index < -0.39 is 59.7 Å². The van der Waals surface area contributed by atoms with Crippen LogP contribution < -0.4 is 60.1 Å². The van der Waals surface area contributed by atoms with Crippen molar-refractivity contribution in [3.63, 3.8) is 0 Å². The minimum atomic E-state index is -5.08. The number of nitrogen functional groups attached to an aromatic ring is 1. The van der Waals surface area contributed by atoms with Crippen LogP contribution in [0.15, 0.2) is 28.0 Å². The Morgan fingerprint density at radius 1 is 1.06 bits per heavy atom. The number of nitrogens with one attached hydrogen (secondary N) is 2. The van der Waals surface area contributed by atoms with Gasteiger partial charge in [0.2, 0.25) is 0 Å². The van der Waals surface area contributed by atoms with E-state index in [2.05, 4.69) is 0 Å². The average molecular weight is 458 g/mol. The molecule has 0 atom stereocenters. The van der Waals surface area contributed by atoms with Crippen LogP contribution in [-0.2, 0) is 29.2 Å². The second kappa shape index (κ2) is 10.0. The van der Waals surface area contributed by atoms with Gasteiger partial charge in [-0.15, -0.1) is 0 Å². The first kappa shape index (κ1) is 28.9. The van der Waals surface area contributed by atoms with Crippen LogP contribution in [0.25, 0.3) is 10.8 Å². The van der Waals surface area contributed by atoms with E-state index in [9.17, 15) is 35.8 Å². The van der Waals surface area contributed by atoms with E-state index in [1.165, 1.54) is 0 Å². The molecule has 0 fully saturated rings.